The molecule has 0 aliphatic rings. The van der Waals surface area contributed by atoms with Crippen LogP contribution in [0.2, 0.25) is 0 Å². The van der Waals surface area contributed by atoms with E-state index < -0.39 is 27.4 Å². The van der Waals surface area contributed by atoms with Gasteiger partial charge in [0.2, 0.25) is 0 Å². The zero-order valence-corrected chi connectivity index (χ0v) is 43.3. The van der Waals surface area contributed by atoms with Gasteiger partial charge in [-0.15, -0.1) is 36.7 Å². The summed E-state index contributed by atoms with van der Waals surface area (Å²) in [5.74, 6) is 15.1. The first kappa shape index (κ1) is 43.9. The summed E-state index contributed by atoms with van der Waals surface area (Å²) < 4.78 is 252. The highest BCUT2D eigenvalue weighted by Gasteiger charge is 2.19. The van der Waals surface area contributed by atoms with Crippen molar-refractivity contribution >= 4 is 19.7 Å². The molecule has 70 heavy (non-hydrogen) atoms. The number of aromatic nitrogens is 3. The van der Waals surface area contributed by atoms with E-state index in [0.29, 0.717) is 6.54 Å². The third kappa shape index (κ3) is 42.1. The maximum Gasteiger partial charge on any atom is 0.261 e. The number of methoxy groups -OCH3 is 6. The van der Waals surface area contributed by atoms with E-state index in [1.54, 1.807) is 51.3 Å². The predicted octanol–water partition coefficient (Wildman–Crippen LogP) is 9.10. The number of benzene rings is 1. The minimum Gasteiger partial charge on any atom is -0.393 e. The van der Waals surface area contributed by atoms with E-state index >= 15 is 0 Å². The Morgan fingerprint density at radius 1 is 0.729 bits per heavy atom. The van der Waals surface area contributed by atoms with Gasteiger partial charge in [-0.1, -0.05) is 71.5 Å². The van der Waals surface area contributed by atoms with Gasteiger partial charge < -0.3 is 67.1 Å². The van der Waals surface area contributed by atoms with E-state index in [-0.39, 0.29) is 86.6 Å². The topological polar surface area (TPSA) is 265 Å². The summed E-state index contributed by atoms with van der Waals surface area (Å²) in [6.07, 6.45) is 21.2. The Labute approximate surface area is 474 Å². The summed E-state index contributed by atoms with van der Waals surface area (Å²) in [4.78, 5) is 2.68. The van der Waals surface area contributed by atoms with Gasteiger partial charge in [-0.3, -0.25) is 0 Å². The van der Waals surface area contributed by atoms with E-state index in [1.807, 2.05) is 20.8 Å². The molecule has 0 unspecified atom stereocenters. The van der Waals surface area contributed by atoms with Crippen LogP contribution in [0.15, 0.2) is 40.5 Å². The molecular weight excluding hydrogens is 960 g/mol. The number of nitrogens with zero attached hydrogens (tertiary/aromatic N) is 6. The van der Waals surface area contributed by atoms with Gasteiger partial charge in [0.15, 0.2) is 0 Å². The van der Waals surface area contributed by atoms with Crippen LogP contribution in [-0.4, -0.2) is 167 Å². The molecule has 0 radical (unpaired) electrons. The number of halogens is 1. The van der Waals surface area contributed by atoms with Crippen molar-refractivity contribution in [3.05, 3.63) is 52.2 Å². The Hall–Kier alpha value is -4.85. The SMILES string of the molecule is C#C[C@H](CC)OCOC.C#C[C@H](CN=[N+]=[N-])OCOC.C#C[C@H](CO)OCOC.C#C[C@H](CO)OCOC.CC#C[C@H](Cn1nncc1[C@H](CC)OCOC)OCOC.Cc1ccc(S(=O)(=O)Cl)cc1.[2HH].[2HH].[2H][2H].[2H][2H].[2H][2H].[2H][2H].[2H][2H].[2H][2H].[2H][2H].[2H][2H].[2H][2H].[2H][2H].[2H][2H].[2H][2H].[2H][2H].[2H][2H].[2H][2H].[2H][2H].[2H][2H]. The monoisotopic (exact) mass is 1100 g/mol. The molecule has 1 aromatic heterocycles. The highest BCUT2D eigenvalue weighted by atomic mass is 35.7. The molecule has 0 amide bonds. The Morgan fingerprint density at radius 2 is 1.14 bits per heavy atom. The molecule has 0 spiro atoms. The Kier molecular flexibility index (Phi) is 32.6. The molecule has 432 valence electrons. The Bertz CT molecular complexity index is 1970. The van der Waals surface area contributed by atoms with Gasteiger partial charge in [0.25, 0.3) is 9.05 Å². The lowest BCUT2D eigenvalue weighted by Gasteiger charge is -2.18. The van der Waals surface area contributed by atoms with Crippen LogP contribution in [-0.2, 0) is 72.4 Å². The van der Waals surface area contributed by atoms with Gasteiger partial charge >= 0.3 is 0 Å². The molecule has 24 heteroatoms. The quantitative estimate of drug-likeness (QED) is 0.0201. The van der Waals surface area contributed by atoms with E-state index in [4.69, 9.17) is 140 Å². The molecule has 22 nitrogen and oxygen atoms in total. The standard InChI is InChI=1S/C14H23N3O4.C7H7ClO2S.C7H12O2.C6H9N3O2.2C6H10O3.19H2/c1-5-7-12(20-10-18-3)9-17-13(8-15-16-17)14(6-2)21-11-19-4;1-6-2-4-7(5-3-6)11(8,9)10;1-4-7(5-2)9-6-8-3;1-3-6(4-8-9-7)11-5-10-2;2*1-3-6(4-7)9-5-8-2;;;;;;;;;;;;;;;;;;;/h8,12,14H,6,9-11H2,1-4H3;2-5H,1H3;1,7H,5-6H2,2-3H3;1,6H,4-5H2,2H3;2*1,6-7H,4-5H2,2H3;19*1H/t12-,14+;;7-;3*6-;;;;;;;;;;;;;;;;;;;/m1.1111.................../s1/i;;;;;;17*1+1D;2*1+1. The number of ether oxygens (including phenoxy) is 12. The second kappa shape index (κ2) is 52.0. The lowest BCUT2D eigenvalue weighted by Crippen LogP contribution is -2.23. The highest BCUT2D eigenvalue weighted by molar-refractivity contribution is 8.13. The second-order valence-electron chi connectivity index (χ2n) is 12.6. The van der Waals surface area contributed by atoms with E-state index in [2.05, 4.69) is 74.8 Å². The summed E-state index contributed by atoms with van der Waals surface area (Å²) in [5, 5.41) is 28.1. The van der Waals surface area contributed by atoms with Crippen molar-refractivity contribution in [1.82, 2.24) is 15.0 Å². The van der Waals surface area contributed by atoms with Crippen molar-refractivity contribution in [2.24, 2.45) is 5.11 Å². The molecular formula is C46H109ClN6O16S. The highest BCUT2D eigenvalue weighted by Crippen LogP contribution is 2.20. The maximum absolute atomic E-state index is 10.7. The molecule has 0 aliphatic heterocycles. The van der Waals surface area contributed by atoms with E-state index in [1.165, 1.54) is 33.5 Å². The number of hydrogen-bond acceptors (Lipinski definition) is 19. The molecule has 0 saturated heterocycles. The maximum atomic E-state index is 10.7. The minimum absolute atomic E-state index is 0. The predicted molar refractivity (Wildman–Crippen MR) is 301 cm³/mol. The number of azide groups is 1. The zero-order chi connectivity index (χ0) is 87.9. The Balaban J connectivity index is -0.0000000347. The average molecular weight is 1110 g/mol. The van der Waals surface area contributed by atoms with Crippen LogP contribution in [0, 0.1) is 68.1 Å². The fraction of sp³-hybridized carbons (Fsp3) is 0.609. The van der Waals surface area contributed by atoms with Gasteiger partial charge in [-0.2, -0.15) is 0 Å². The lowest BCUT2D eigenvalue weighted by atomic mass is 10.2. The first-order valence-electron chi connectivity index (χ1n) is 37.7. The molecule has 1 heterocycles. The van der Waals surface area contributed by atoms with Crippen LogP contribution in [0.3, 0.4) is 0 Å². The molecule has 0 aliphatic carbocycles. The number of aryl methyl sites for hydroxylation is 1. The van der Waals surface area contributed by atoms with Crippen LogP contribution in [0.25, 0.3) is 10.4 Å². The summed E-state index contributed by atoms with van der Waals surface area (Å²) in [7, 11) is 10.7. The van der Waals surface area contributed by atoms with Gasteiger partial charge in [-0.25, -0.2) is 13.1 Å². The summed E-state index contributed by atoms with van der Waals surface area (Å²) >= 11 is 0. The van der Waals surface area contributed by atoms with Crippen LogP contribution in [0.4, 0.5) is 0 Å². The van der Waals surface area contributed by atoms with Crippen molar-refractivity contribution in [3.63, 3.8) is 0 Å². The van der Waals surface area contributed by atoms with Crippen LogP contribution in [0.1, 0.15) is 104 Å². The molecule has 0 saturated carbocycles. The molecule has 2 rings (SSSR count). The molecule has 1 aromatic carbocycles. The van der Waals surface area contributed by atoms with Crippen LogP contribution in [0.5, 0.6) is 0 Å². The Morgan fingerprint density at radius 3 is 1.50 bits per heavy atom. The fourth-order valence-corrected chi connectivity index (χ4v) is 4.75. The third-order valence-corrected chi connectivity index (χ3v) is 8.74. The van der Waals surface area contributed by atoms with Crippen molar-refractivity contribution in [3.8, 4) is 61.2 Å². The number of terminal acetylenes is 4. The van der Waals surface area contributed by atoms with Gasteiger partial charge in [-0.05, 0) is 44.4 Å². The molecule has 2 aromatic rings. The summed E-state index contributed by atoms with van der Waals surface area (Å²) in [5.41, 5.74) is 9.82. The minimum atomic E-state index is -3.55. The van der Waals surface area contributed by atoms with Crippen molar-refractivity contribution in [2.45, 2.75) is 88.6 Å². The van der Waals surface area contributed by atoms with Crippen molar-refractivity contribution in [2.75, 3.05) is 103 Å². The van der Waals surface area contributed by atoms with Gasteiger partial charge in [0, 0.05) is 112 Å². The third-order valence-electron chi connectivity index (χ3n) is 7.37. The van der Waals surface area contributed by atoms with E-state index in [0.717, 1.165) is 24.1 Å². The first-order chi connectivity index (χ1) is 50.6. The van der Waals surface area contributed by atoms with Crippen LogP contribution < -0.4 is 0 Å². The zero-order valence-electron chi connectivity index (χ0n) is 75.7. The van der Waals surface area contributed by atoms with Crippen LogP contribution >= 0.6 is 10.7 Å². The number of rotatable bonds is 28. The fourth-order valence-electron chi connectivity index (χ4n) is 3.98. The largest absolute Gasteiger partial charge is 0.393 e. The van der Waals surface area contributed by atoms with Gasteiger partial charge in [0.1, 0.15) is 77.4 Å². The average Bonchev–Trinajstić information content (AvgIpc) is 1.63. The number of hydrogen-bond donors (Lipinski definition) is 2. The number of aliphatic hydroxyl groups is 2. The molecule has 0 fully saturated rings. The number of aliphatic hydroxyl groups excluding tert-OH is 2. The smallest absolute Gasteiger partial charge is 0.261 e. The van der Waals surface area contributed by atoms with Crippen molar-refractivity contribution < 1.29 is 129 Å². The van der Waals surface area contributed by atoms with Crippen molar-refractivity contribution in [1.29, 1.82) is 0 Å². The molecule has 2 N–H and O–H groups in total. The lowest BCUT2D eigenvalue weighted by molar-refractivity contribution is -0.0791. The van der Waals surface area contributed by atoms with Gasteiger partial charge in [0.05, 0.1) is 43.1 Å². The molecule has 6 atom stereocenters. The summed E-state index contributed by atoms with van der Waals surface area (Å²) in [6, 6.07) is 6.37. The second-order valence-corrected chi connectivity index (χ2v) is 15.2. The van der Waals surface area contributed by atoms with E-state index in [9.17, 15) is 8.42 Å². The normalized spacial score (nSPS) is 14.4. The first-order valence-corrected chi connectivity index (χ1v) is 23.0. The summed E-state index contributed by atoms with van der Waals surface area (Å²) in [6.45, 7) is 8.95. The molecule has 0 bridgehead atoms.